The molecule has 1 aromatic rings. The van der Waals surface area contributed by atoms with Crippen molar-refractivity contribution in [2.45, 2.75) is 44.8 Å². The molecule has 0 spiro atoms. The van der Waals surface area contributed by atoms with Crippen molar-refractivity contribution < 1.29 is 4.74 Å². The summed E-state index contributed by atoms with van der Waals surface area (Å²) in [5, 5.41) is 0.549. The minimum atomic E-state index is 0.219. The molecule has 1 aromatic heterocycles. The van der Waals surface area contributed by atoms with E-state index in [1.807, 2.05) is 6.07 Å². The fraction of sp³-hybridized carbons (Fsp3) is 0.692. The molecule has 2 heterocycles. The summed E-state index contributed by atoms with van der Waals surface area (Å²) in [6.07, 6.45) is 2.60. The summed E-state index contributed by atoms with van der Waals surface area (Å²) in [5.41, 5.74) is 0. The number of anilines is 1. The maximum atomic E-state index is 6.12. The number of ether oxygens (including phenoxy) is 1. The number of hydrogen-bond donors (Lipinski definition) is 0. The van der Waals surface area contributed by atoms with Gasteiger partial charge in [-0.2, -0.15) is 0 Å². The molecule has 1 aliphatic heterocycles. The standard InChI is InChI=1S/C13H18ClN3O/c1-8-9(2)18-6-5-17(8)12-7-11(14)15-13(16-12)10-3-4-10/h7-10H,3-6H2,1-2H3. The predicted octanol–water partition coefficient (Wildman–Crippen LogP) is 2.62. The molecule has 4 nitrogen and oxygen atoms in total. The number of rotatable bonds is 2. The van der Waals surface area contributed by atoms with Gasteiger partial charge in [0.15, 0.2) is 0 Å². The van der Waals surface area contributed by atoms with Crippen LogP contribution in [-0.2, 0) is 4.74 Å². The number of nitrogens with zero attached hydrogens (tertiary/aromatic N) is 3. The van der Waals surface area contributed by atoms with Gasteiger partial charge in [-0.3, -0.25) is 0 Å². The smallest absolute Gasteiger partial charge is 0.135 e. The Hall–Kier alpha value is -0.870. The summed E-state index contributed by atoms with van der Waals surface area (Å²) in [6, 6.07) is 2.18. The molecule has 1 aliphatic carbocycles. The van der Waals surface area contributed by atoms with Crippen molar-refractivity contribution in [2.75, 3.05) is 18.1 Å². The Labute approximate surface area is 112 Å². The molecule has 0 amide bonds. The van der Waals surface area contributed by atoms with E-state index in [4.69, 9.17) is 16.3 Å². The van der Waals surface area contributed by atoms with Crippen molar-refractivity contribution in [3.63, 3.8) is 0 Å². The van der Waals surface area contributed by atoms with Crippen LogP contribution in [0.3, 0.4) is 0 Å². The predicted molar refractivity (Wildman–Crippen MR) is 71.2 cm³/mol. The van der Waals surface area contributed by atoms with Crippen molar-refractivity contribution in [3.8, 4) is 0 Å². The lowest BCUT2D eigenvalue weighted by molar-refractivity contribution is 0.0281. The van der Waals surface area contributed by atoms with Gasteiger partial charge >= 0.3 is 0 Å². The monoisotopic (exact) mass is 267 g/mol. The summed E-state index contributed by atoms with van der Waals surface area (Å²) >= 11 is 6.12. The van der Waals surface area contributed by atoms with Gasteiger partial charge in [0.2, 0.25) is 0 Å². The van der Waals surface area contributed by atoms with Crippen LogP contribution in [0.4, 0.5) is 5.82 Å². The highest BCUT2D eigenvalue weighted by Gasteiger charge is 2.30. The molecule has 2 unspecified atom stereocenters. The van der Waals surface area contributed by atoms with Crippen molar-refractivity contribution in [3.05, 3.63) is 17.0 Å². The lowest BCUT2D eigenvalue weighted by Crippen LogP contribution is -2.49. The van der Waals surface area contributed by atoms with Crippen LogP contribution < -0.4 is 4.90 Å². The molecule has 0 radical (unpaired) electrons. The second-order valence-electron chi connectivity index (χ2n) is 5.19. The lowest BCUT2D eigenvalue weighted by Gasteiger charge is -2.38. The topological polar surface area (TPSA) is 38.2 Å². The molecule has 2 atom stereocenters. The van der Waals surface area contributed by atoms with Gasteiger partial charge in [0.05, 0.1) is 18.8 Å². The molecule has 1 saturated carbocycles. The van der Waals surface area contributed by atoms with Gasteiger partial charge in [0.1, 0.15) is 16.8 Å². The second kappa shape index (κ2) is 4.67. The fourth-order valence-corrected chi connectivity index (χ4v) is 2.53. The van der Waals surface area contributed by atoms with Crippen molar-refractivity contribution in [1.82, 2.24) is 9.97 Å². The molecule has 5 heteroatoms. The molecule has 0 bridgehead atoms. The van der Waals surface area contributed by atoms with E-state index in [2.05, 4.69) is 28.7 Å². The maximum Gasteiger partial charge on any atom is 0.135 e. The molecular formula is C13H18ClN3O. The highest BCUT2D eigenvalue weighted by atomic mass is 35.5. The third-order valence-electron chi connectivity index (χ3n) is 3.82. The Morgan fingerprint density at radius 3 is 2.83 bits per heavy atom. The average Bonchev–Trinajstić information content (AvgIpc) is 3.16. The summed E-state index contributed by atoms with van der Waals surface area (Å²) in [4.78, 5) is 11.3. The van der Waals surface area contributed by atoms with Crippen LogP contribution in [0, 0.1) is 0 Å². The van der Waals surface area contributed by atoms with Gasteiger partial charge in [-0.25, -0.2) is 9.97 Å². The van der Waals surface area contributed by atoms with Crippen LogP contribution >= 0.6 is 11.6 Å². The molecule has 2 fully saturated rings. The first-order valence-corrected chi connectivity index (χ1v) is 6.95. The van der Waals surface area contributed by atoms with Crippen molar-refractivity contribution >= 4 is 17.4 Å². The van der Waals surface area contributed by atoms with Crippen LogP contribution in [0.5, 0.6) is 0 Å². The van der Waals surface area contributed by atoms with Crippen LogP contribution in [0.2, 0.25) is 5.15 Å². The highest BCUT2D eigenvalue weighted by Crippen LogP contribution is 2.39. The van der Waals surface area contributed by atoms with Crippen molar-refractivity contribution in [1.29, 1.82) is 0 Å². The van der Waals surface area contributed by atoms with Gasteiger partial charge < -0.3 is 9.64 Å². The zero-order chi connectivity index (χ0) is 12.7. The lowest BCUT2D eigenvalue weighted by atomic mass is 10.1. The third kappa shape index (κ3) is 2.31. The van der Waals surface area contributed by atoms with Crippen molar-refractivity contribution in [2.24, 2.45) is 0 Å². The first kappa shape index (κ1) is 12.2. The van der Waals surface area contributed by atoms with Gasteiger partial charge in [-0.05, 0) is 26.7 Å². The van der Waals surface area contributed by atoms with E-state index < -0.39 is 0 Å². The summed E-state index contributed by atoms with van der Waals surface area (Å²) in [5.74, 6) is 2.37. The molecule has 98 valence electrons. The number of aromatic nitrogens is 2. The zero-order valence-corrected chi connectivity index (χ0v) is 11.5. The Balaban J connectivity index is 1.90. The van der Waals surface area contributed by atoms with E-state index in [1.54, 1.807) is 0 Å². The van der Waals surface area contributed by atoms with E-state index in [0.717, 1.165) is 24.8 Å². The summed E-state index contributed by atoms with van der Waals surface area (Å²) in [6.45, 7) is 5.87. The van der Waals surface area contributed by atoms with Gasteiger partial charge in [0.25, 0.3) is 0 Å². The quantitative estimate of drug-likeness (QED) is 0.772. The summed E-state index contributed by atoms with van der Waals surface area (Å²) in [7, 11) is 0. The van der Waals surface area contributed by atoms with E-state index >= 15 is 0 Å². The molecule has 0 N–H and O–H groups in total. The van der Waals surface area contributed by atoms with Gasteiger partial charge in [-0.15, -0.1) is 0 Å². The Morgan fingerprint density at radius 1 is 1.33 bits per heavy atom. The maximum absolute atomic E-state index is 6.12. The first-order valence-electron chi connectivity index (χ1n) is 6.58. The largest absolute Gasteiger partial charge is 0.375 e. The Morgan fingerprint density at radius 2 is 2.11 bits per heavy atom. The van der Waals surface area contributed by atoms with Gasteiger partial charge in [0, 0.05) is 18.5 Å². The highest BCUT2D eigenvalue weighted by molar-refractivity contribution is 6.29. The van der Waals surface area contributed by atoms with E-state index in [9.17, 15) is 0 Å². The molecule has 1 saturated heterocycles. The molecule has 0 aromatic carbocycles. The van der Waals surface area contributed by atoms with E-state index in [-0.39, 0.29) is 6.10 Å². The summed E-state index contributed by atoms with van der Waals surface area (Å²) < 4.78 is 5.64. The number of morpholine rings is 1. The first-order chi connectivity index (χ1) is 8.65. The molecule has 18 heavy (non-hydrogen) atoms. The Kier molecular flexibility index (Phi) is 3.16. The van der Waals surface area contributed by atoms with E-state index in [0.29, 0.717) is 17.1 Å². The molecule has 2 aliphatic rings. The fourth-order valence-electron chi connectivity index (χ4n) is 2.35. The normalized spacial score (nSPS) is 28.5. The van der Waals surface area contributed by atoms with Crippen LogP contribution in [-0.4, -0.2) is 35.3 Å². The number of halogens is 1. The minimum Gasteiger partial charge on any atom is -0.375 e. The SMILES string of the molecule is CC1OCCN(c2cc(Cl)nc(C3CC3)n2)C1C. The van der Waals surface area contributed by atoms with Crippen LogP contribution in [0.1, 0.15) is 38.4 Å². The third-order valence-corrected chi connectivity index (χ3v) is 4.01. The Bertz CT molecular complexity index is 450. The van der Waals surface area contributed by atoms with E-state index in [1.165, 1.54) is 12.8 Å². The number of hydrogen-bond acceptors (Lipinski definition) is 4. The molecular weight excluding hydrogens is 250 g/mol. The van der Waals surface area contributed by atoms with Gasteiger partial charge in [-0.1, -0.05) is 11.6 Å². The minimum absolute atomic E-state index is 0.219. The van der Waals surface area contributed by atoms with Crippen LogP contribution in [0.25, 0.3) is 0 Å². The zero-order valence-electron chi connectivity index (χ0n) is 10.8. The second-order valence-corrected chi connectivity index (χ2v) is 5.58. The molecule has 3 rings (SSSR count). The average molecular weight is 268 g/mol. The van der Waals surface area contributed by atoms with Crippen LogP contribution in [0.15, 0.2) is 6.07 Å².